The van der Waals surface area contributed by atoms with E-state index in [-0.39, 0.29) is 31.0 Å². The molecular weight excluding hydrogens is 469 g/mol. The summed E-state index contributed by atoms with van der Waals surface area (Å²) < 4.78 is 17.0. The summed E-state index contributed by atoms with van der Waals surface area (Å²) in [6.45, 7) is 10.8. The van der Waals surface area contributed by atoms with Gasteiger partial charge in [0.25, 0.3) is 0 Å². The lowest BCUT2D eigenvalue weighted by Gasteiger charge is -2.22. The molecule has 1 N–H and O–H groups in total. The molecule has 1 aromatic heterocycles. The van der Waals surface area contributed by atoms with Crippen LogP contribution in [0.1, 0.15) is 62.4 Å². The van der Waals surface area contributed by atoms with E-state index in [2.05, 4.69) is 10.4 Å². The minimum atomic E-state index is -0.680. The Morgan fingerprint density at radius 3 is 2.22 bits per heavy atom. The predicted octanol–water partition coefficient (Wildman–Crippen LogP) is 2.75. The number of carbonyl (C=O) groups is 3. The highest BCUT2D eigenvalue weighted by molar-refractivity contribution is 14.1. The molecule has 1 heterocycles. The molecule has 0 aromatic carbocycles. The third-order valence-corrected chi connectivity index (χ3v) is 3.82. The standard InChI is InChI=1S/C17H26IN3O6/c1-7-25-14(22)11-12(15(23)26-8-2)21(20-13(11)18)9-10(3)19-16(24)27-17(4,5)6/h10H,7-9H2,1-6H3,(H,19,24). The molecule has 0 aliphatic rings. The van der Waals surface area contributed by atoms with E-state index in [0.717, 1.165) is 0 Å². The number of rotatable bonds is 7. The zero-order valence-corrected chi connectivity index (χ0v) is 18.6. The van der Waals surface area contributed by atoms with E-state index in [1.54, 1.807) is 41.5 Å². The molecular formula is C17H26IN3O6. The number of ether oxygens (including phenoxy) is 3. The summed E-state index contributed by atoms with van der Waals surface area (Å²) in [5.74, 6) is -1.33. The van der Waals surface area contributed by atoms with Crippen molar-refractivity contribution in [2.75, 3.05) is 13.2 Å². The van der Waals surface area contributed by atoms with Crippen molar-refractivity contribution < 1.29 is 28.6 Å². The van der Waals surface area contributed by atoms with E-state index < -0.39 is 29.7 Å². The Bertz CT molecular complexity index is 696. The largest absolute Gasteiger partial charge is 0.462 e. The van der Waals surface area contributed by atoms with Gasteiger partial charge in [-0.2, -0.15) is 5.10 Å². The number of carbonyl (C=O) groups excluding carboxylic acids is 3. The number of nitrogens with one attached hydrogen (secondary N) is 1. The summed E-state index contributed by atoms with van der Waals surface area (Å²) in [6.07, 6.45) is -0.583. The van der Waals surface area contributed by atoms with Gasteiger partial charge in [0.15, 0.2) is 5.69 Å². The van der Waals surface area contributed by atoms with E-state index in [4.69, 9.17) is 14.2 Å². The fourth-order valence-electron chi connectivity index (χ4n) is 2.17. The number of alkyl carbamates (subject to hydrolysis) is 1. The smallest absolute Gasteiger partial charge is 0.407 e. The van der Waals surface area contributed by atoms with Crippen LogP contribution >= 0.6 is 22.6 Å². The monoisotopic (exact) mass is 495 g/mol. The molecule has 9 nitrogen and oxygen atoms in total. The second-order valence-corrected chi connectivity index (χ2v) is 7.71. The highest BCUT2D eigenvalue weighted by atomic mass is 127. The van der Waals surface area contributed by atoms with Gasteiger partial charge in [0.05, 0.1) is 19.8 Å². The van der Waals surface area contributed by atoms with Gasteiger partial charge in [-0.15, -0.1) is 0 Å². The van der Waals surface area contributed by atoms with Crippen molar-refractivity contribution in [3.8, 4) is 0 Å². The second kappa shape index (κ2) is 9.90. The molecule has 0 saturated heterocycles. The maximum atomic E-state index is 12.4. The molecule has 10 heteroatoms. The van der Waals surface area contributed by atoms with E-state index in [1.807, 2.05) is 22.6 Å². The average molecular weight is 495 g/mol. The molecule has 0 bridgehead atoms. The SMILES string of the molecule is CCOC(=O)c1c(I)nn(CC(C)NC(=O)OC(C)(C)C)c1C(=O)OCC. The Kier molecular flexibility index (Phi) is 8.51. The third kappa shape index (κ3) is 7.00. The molecule has 1 amide bonds. The number of esters is 2. The molecule has 1 rings (SSSR count). The first-order valence-corrected chi connectivity index (χ1v) is 9.68. The fraction of sp³-hybridized carbons (Fsp3) is 0.647. The number of amides is 1. The summed E-state index contributed by atoms with van der Waals surface area (Å²) in [7, 11) is 0. The Balaban J connectivity index is 3.09. The van der Waals surface area contributed by atoms with Gasteiger partial charge in [0, 0.05) is 6.04 Å². The van der Waals surface area contributed by atoms with Crippen LogP contribution in [0.3, 0.4) is 0 Å². The molecule has 0 saturated carbocycles. The Morgan fingerprint density at radius 2 is 1.70 bits per heavy atom. The van der Waals surface area contributed by atoms with E-state index >= 15 is 0 Å². The summed E-state index contributed by atoms with van der Waals surface area (Å²) >= 11 is 1.86. The molecule has 27 heavy (non-hydrogen) atoms. The first kappa shape index (κ1) is 23.2. The normalized spacial score (nSPS) is 12.3. The molecule has 0 aliphatic carbocycles. The zero-order valence-electron chi connectivity index (χ0n) is 16.4. The predicted molar refractivity (Wildman–Crippen MR) is 106 cm³/mol. The lowest BCUT2D eigenvalue weighted by atomic mass is 10.2. The molecule has 0 spiro atoms. The van der Waals surface area contributed by atoms with Crippen LogP contribution in [-0.2, 0) is 20.8 Å². The van der Waals surface area contributed by atoms with Crippen LogP contribution in [-0.4, -0.2) is 52.7 Å². The Morgan fingerprint density at radius 1 is 1.15 bits per heavy atom. The van der Waals surface area contributed by atoms with Gasteiger partial charge in [-0.1, -0.05) is 0 Å². The van der Waals surface area contributed by atoms with Crippen LogP contribution in [0, 0.1) is 3.70 Å². The van der Waals surface area contributed by atoms with Crippen molar-refractivity contribution in [1.29, 1.82) is 0 Å². The van der Waals surface area contributed by atoms with Gasteiger partial charge >= 0.3 is 18.0 Å². The van der Waals surface area contributed by atoms with E-state index in [1.165, 1.54) is 4.68 Å². The maximum absolute atomic E-state index is 12.4. The zero-order chi connectivity index (χ0) is 20.8. The first-order chi connectivity index (χ1) is 12.5. The minimum Gasteiger partial charge on any atom is -0.462 e. The van der Waals surface area contributed by atoms with Gasteiger partial charge in [-0.05, 0) is 64.1 Å². The van der Waals surface area contributed by atoms with Crippen molar-refractivity contribution >= 4 is 40.6 Å². The van der Waals surface area contributed by atoms with Crippen molar-refractivity contribution in [3.05, 3.63) is 15.0 Å². The van der Waals surface area contributed by atoms with Crippen molar-refractivity contribution in [2.24, 2.45) is 0 Å². The summed E-state index contributed by atoms with van der Waals surface area (Å²) in [6, 6.07) is -0.418. The van der Waals surface area contributed by atoms with Crippen LogP contribution < -0.4 is 5.32 Å². The molecule has 0 fully saturated rings. The topological polar surface area (TPSA) is 109 Å². The summed E-state index contributed by atoms with van der Waals surface area (Å²) in [5, 5.41) is 6.92. The molecule has 1 unspecified atom stereocenters. The highest BCUT2D eigenvalue weighted by Crippen LogP contribution is 2.20. The molecule has 1 atom stereocenters. The lowest BCUT2D eigenvalue weighted by Crippen LogP contribution is -2.40. The number of halogens is 1. The molecule has 0 aliphatic heterocycles. The maximum Gasteiger partial charge on any atom is 0.407 e. The van der Waals surface area contributed by atoms with Gasteiger partial charge in [-0.3, -0.25) is 4.68 Å². The summed E-state index contributed by atoms with van der Waals surface area (Å²) in [5.41, 5.74) is -0.573. The molecule has 0 radical (unpaired) electrons. The second-order valence-electron chi connectivity index (χ2n) is 6.68. The third-order valence-electron chi connectivity index (χ3n) is 3.07. The fourth-order valence-corrected chi connectivity index (χ4v) is 2.91. The van der Waals surface area contributed by atoms with Crippen LogP contribution in [0.4, 0.5) is 4.79 Å². The Hall–Kier alpha value is -1.85. The Labute approximate surface area is 172 Å². The lowest BCUT2D eigenvalue weighted by molar-refractivity contribution is 0.0465. The van der Waals surface area contributed by atoms with E-state index in [0.29, 0.717) is 3.70 Å². The van der Waals surface area contributed by atoms with Crippen LogP contribution in [0.2, 0.25) is 0 Å². The van der Waals surface area contributed by atoms with Gasteiger partial charge in [0.2, 0.25) is 0 Å². The number of aromatic nitrogens is 2. The molecule has 152 valence electrons. The molecule has 1 aromatic rings. The van der Waals surface area contributed by atoms with Crippen LogP contribution in [0.5, 0.6) is 0 Å². The van der Waals surface area contributed by atoms with Gasteiger partial charge in [0.1, 0.15) is 14.9 Å². The first-order valence-electron chi connectivity index (χ1n) is 8.60. The van der Waals surface area contributed by atoms with Crippen molar-refractivity contribution in [3.63, 3.8) is 0 Å². The van der Waals surface area contributed by atoms with Crippen LogP contribution in [0.25, 0.3) is 0 Å². The number of nitrogens with zero attached hydrogens (tertiary/aromatic N) is 2. The summed E-state index contributed by atoms with van der Waals surface area (Å²) in [4.78, 5) is 36.6. The minimum absolute atomic E-state index is 0.00228. The van der Waals surface area contributed by atoms with E-state index in [9.17, 15) is 14.4 Å². The van der Waals surface area contributed by atoms with Crippen LogP contribution in [0.15, 0.2) is 0 Å². The van der Waals surface area contributed by atoms with Gasteiger partial charge < -0.3 is 19.5 Å². The average Bonchev–Trinajstić information content (AvgIpc) is 2.81. The van der Waals surface area contributed by atoms with Gasteiger partial charge in [-0.25, -0.2) is 14.4 Å². The van der Waals surface area contributed by atoms with Crippen molar-refractivity contribution in [2.45, 2.75) is 59.7 Å². The number of hydrogen-bond acceptors (Lipinski definition) is 7. The van der Waals surface area contributed by atoms with Crippen molar-refractivity contribution in [1.82, 2.24) is 15.1 Å². The number of hydrogen-bond donors (Lipinski definition) is 1. The highest BCUT2D eigenvalue weighted by Gasteiger charge is 2.30. The quantitative estimate of drug-likeness (QED) is 0.352.